The van der Waals surface area contributed by atoms with E-state index < -0.39 is 0 Å². The standard InChI is InChI=1S/C22H35NO2S/c1-6-18(21-17(3)20(15-26-21)22(24)25-5)10-7-9-16(2)19-11-8-13-23(4)14-12-19/h6,15-16,19H,7-14H2,1-5H3. The van der Waals surface area contributed by atoms with Gasteiger partial charge in [-0.3, -0.25) is 0 Å². The normalized spacial score (nSPS) is 20.7. The summed E-state index contributed by atoms with van der Waals surface area (Å²) in [7, 11) is 3.69. The number of hydrogen-bond donors (Lipinski definition) is 0. The van der Waals surface area contributed by atoms with Gasteiger partial charge in [-0.15, -0.1) is 11.3 Å². The lowest BCUT2D eigenvalue weighted by atomic mass is 9.84. The minimum Gasteiger partial charge on any atom is -0.465 e. The van der Waals surface area contributed by atoms with Crippen LogP contribution in [0.2, 0.25) is 0 Å². The molecule has 0 bridgehead atoms. The first-order valence-corrected chi connectivity index (χ1v) is 10.9. The molecule has 146 valence electrons. The van der Waals surface area contributed by atoms with Crippen molar-refractivity contribution in [3.63, 3.8) is 0 Å². The molecule has 4 heteroatoms. The predicted molar refractivity (Wildman–Crippen MR) is 112 cm³/mol. The molecule has 2 rings (SSSR count). The van der Waals surface area contributed by atoms with E-state index in [1.807, 2.05) is 12.3 Å². The second kappa shape index (κ2) is 10.3. The summed E-state index contributed by atoms with van der Waals surface area (Å²) in [6.45, 7) is 9.09. The molecular formula is C22H35NO2S. The fourth-order valence-electron chi connectivity index (χ4n) is 4.12. The molecule has 1 saturated heterocycles. The number of carbonyl (C=O) groups is 1. The topological polar surface area (TPSA) is 29.5 Å². The van der Waals surface area contributed by atoms with Crippen LogP contribution in [0.5, 0.6) is 0 Å². The lowest BCUT2D eigenvalue weighted by Crippen LogP contribution is -2.19. The molecule has 0 spiro atoms. The first-order chi connectivity index (χ1) is 12.5. The third-order valence-electron chi connectivity index (χ3n) is 5.99. The summed E-state index contributed by atoms with van der Waals surface area (Å²) in [6, 6.07) is 0. The van der Waals surface area contributed by atoms with Gasteiger partial charge >= 0.3 is 5.97 Å². The third-order valence-corrected chi connectivity index (χ3v) is 7.15. The van der Waals surface area contributed by atoms with E-state index in [0.717, 1.165) is 23.8 Å². The Labute approximate surface area is 163 Å². The van der Waals surface area contributed by atoms with Crippen LogP contribution in [-0.4, -0.2) is 38.1 Å². The minimum atomic E-state index is -0.229. The Kier molecular flexibility index (Phi) is 8.36. The molecule has 0 saturated carbocycles. The molecule has 0 N–H and O–H groups in total. The molecule has 1 fully saturated rings. The Morgan fingerprint density at radius 2 is 2.19 bits per heavy atom. The fourth-order valence-corrected chi connectivity index (χ4v) is 5.29. The van der Waals surface area contributed by atoms with Gasteiger partial charge in [0.15, 0.2) is 0 Å². The zero-order valence-electron chi connectivity index (χ0n) is 17.1. The number of carbonyl (C=O) groups excluding carboxylic acids is 1. The van der Waals surface area contributed by atoms with Gasteiger partial charge in [-0.25, -0.2) is 4.79 Å². The van der Waals surface area contributed by atoms with Crippen molar-refractivity contribution in [1.29, 1.82) is 0 Å². The number of allylic oxidation sites excluding steroid dienone is 2. The Morgan fingerprint density at radius 1 is 1.42 bits per heavy atom. The van der Waals surface area contributed by atoms with Crippen LogP contribution in [0, 0.1) is 18.8 Å². The predicted octanol–water partition coefficient (Wildman–Crippen LogP) is 5.78. The zero-order chi connectivity index (χ0) is 19.1. The maximum atomic E-state index is 11.8. The molecule has 1 aliphatic heterocycles. The second-order valence-corrected chi connectivity index (χ2v) is 8.65. The van der Waals surface area contributed by atoms with E-state index in [0.29, 0.717) is 5.56 Å². The van der Waals surface area contributed by atoms with Crippen LogP contribution in [0.4, 0.5) is 0 Å². The quantitative estimate of drug-likeness (QED) is 0.564. The summed E-state index contributed by atoms with van der Waals surface area (Å²) in [5.41, 5.74) is 3.15. The summed E-state index contributed by atoms with van der Waals surface area (Å²) < 4.78 is 4.89. The highest BCUT2D eigenvalue weighted by Gasteiger charge is 2.21. The molecule has 0 aliphatic carbocycles. The van der Waals surface area contributed by atoms with Gasteiger partial charge in [0.25, 0.3) is 0 Å². The first-order valence-electron chi connectivity index (χ1n) is 9.98. The van der Waals surface area contributed by atoms with Crippen molar-refractivity contribution in [2.75, 3.05) is 27.2 Å². The zero-order valence-corrected chi connectivity index (χ0v) is 18.0. The Hall–Kier alpha value is -1.13. The molecule has 0 aromatic carbocycles. The van der Waals surface area contributed by atoms with Gasteiger partial charge in [0.2, 0.25) is 0 Å². The van der Waals surface area contributed by atoms with E-state index in [9.17, 15) is 4.79 Å². The van der Waals surface area contributed by atoms with Crippen molar-refractivity contribution in [3.05, 3.63) is 27.5 Å². The van der Waals surface area contributed by atoms with E-state index in [-0.39, 0.29) is 5.97 Å². The maximum Gasteiger partial charge on any atom is 0.338 e. The highest BCUT2D eigenvalue weighted by Crippen LogP contribution is 2.34. The van der Waals surface area contributed by atoms with Gasteiger partial charge in [0, 0.05) is 10.3 Å². The monoisotopic (exact) mass is 377 g/mol. The van der Waals surface area contributed by atoms with Crippen LogP contribution < -0.4 is 0 Å². The second-order valence-electron chi connectivity index (χ2n) is 7.77. The molecule has 2 unspecified atom stereocenters. The lowest BCUT2D eigenvalue weighted by molar-refractivity contribution is 0.0600. The van der Waals surface area contributed by atoms with Crippen molar-refractivity contribution < 1.29 is 9.53 Å². The number of ether oxygens (including phenoxy) is 1. The molecule has 3 nitrogen and oxygen atoms in total. The smallest absolute Gasteiger partial charge is 0.338 e. The van der Waals surface area contributed by atoms with Crippen molar-refractivity contribution in [2.24, 2.45) is 11.8 Å². The van der Waals surface area contributed by atoms with Crippen molar-refractivity contribution in [3.8, 4) is 0 Å². The summed E-state index contributed by atoms with van der Waals surface area (Å²) in [6.07, 6.45) is 9.89. The molecule has 0 radical (unpaired) electrons. The highest BCUT2D eigenvalue weighted by atomic mass is 32.1. The summed E-state index contributed by atoms with van der Waals surface area (Å²) in [4.78, 5) is 15.6. The average Bonchev–Trinajstić information content (AvgIpc) is 2.87. The van der Waals surface area contributed by atoms with Gasteiger partial charge < -0.3 is 9.64 Å². The number of nitrogens with zero attached hydrogens (tertiary/aromatic N) is 1. The van der Waals surface area contributed by atoms with Crippen LogP contribution in [-0.2, 0) is 4.74 Å². The molecule has 0 amide bonds. The molecule has 1 aliphatic rings. The van der Waals surface area contributed by atoms with Gasteiger partial charge in [-0.05, 0) is 89.1 Å². The van der Waals surface area contributed by atoms with Crippen LogP contribution in [0.3, 0.4) is 0 Å². The summed E-state index contributed by atoms with van der Waals surface area (Å²) >= 11 is 1.67. The number of likely N-dealkylation sites (tertiary alicyclic amines) is 1. The third kappa shape index (κ3) is 5.43. The van der Waals surface area contributed by atoms with Gasteiger partial charge in [-0.1, -0.05) is 19.4 Å². The number of rotatable bonds is 7. The number of methoxy groups -OCH3 is 1. The van der Waals surface area contributed by atoms with E-state index in [4.69, 9.17) is 4.74 Å². The summed E-state index contributed by atoms with van der Waals surface area (Å²) in [5, 5.41) is 1.94. The molecule has 26 heavy (non-hydrogen) atoms. The number of thiophene rings is 1. The van der Waals surface area contributed by atoms with E-state index in [2.05, 4.69) is 31.9 Å². The van der Waals surface area contributed by atoms with Crippen LogP contribution in [0.25, 0.3) is 5.57 Å². The minimum absolute atomic E-state index is 0.229. The van der Waals surface area contributed by atoms with Gasteiger partial charge in [0.1, 0.15) is 0 Å². The van der Waals surface area contributed by atoms with E-state index in [1.165, 1.54) is 62.8 Å². The van der Waals surface area contributed by atoms with Crippen molar-refractivity contribution >= 4 is 22.9 Å². The highest BCUT2D eigenvalue weighted by molar-refractivity contribution is 7.11. The molecular weight excluding hydrogens is 342 g/mol. The van der Waals surface area contributed by atoms with E-state index in [1.54, 1.807) is 11.3 Å². The fraction of sp³-hybridized carbons (Fsp3) is 0.682. The van der Waals surface area contributed by atoms with Crippen LogP contribution in [0.1, 0.15) is 73.2 Å². The Balaban J connectivity index is 1.89. The number of esters is 1. The first kappa shape index (κ1) is 21.2. The summed E-state index contributed by atoms with van der Waals surface area (Å²) in [5.74, 6) is 1.45. The van der Waals surface area contributed by atoms with Crippen molar-refractivity contribution in [1.82, 2.24) is 4.90 Å². The van der Waals surface area contributed by atoms with Crippen LogP contribution in [0.15, 0.2) is 11.5 Å². The maximum absolute atomic E-state index is 11.8. The van der Waals surface area contributed by atoms with Crippen LogP contribution >= 0.6 is 11.3 Å². The average molecular weight is 378 g/mol. The Bertz CT molecular complexity index is 620. The largest absolute Gasteiger partial charge is 0.465 e. The SMILES string of the molecule is CC=C(CCCC(C)C1CCCN(C)CC1)c1scc(C(=O)OC)c1C. The molecule has 2 atom stereocenters. The van der Waals surface area contributed by atoms with Gasteiger partial charge in [0.05, 0.1) is 12.7 Å². The Morgan fingerprint density at radius 3 is 2.88 bits per heavy atom. The van der Waals surface area contributed by atoms with Gasteiger partial charge in [-0.2, -0.15) is 0 Å². The van der Waals surface area contributed by atoms with E-state index >= 15 is 0 Å². The number of hydrogen-bond acceptors (Lipinski definition) is 4. The molecule has 1 aromatic heterocycles. The van der Waals surface area contributed by atoms with Crippen molar-refractivity contribution in [2.45, 2.75) is 59.3 Å². The lowest BCUT2D eigenvalue weighted by Gasteiger charge is -2.22. The molecule has 2 heterocycles. The molecule has 1 aromatic rings.